The second kappa shape index (κ2) is 5.70. The second-order valence-corrected chi connectivity index (χ2v) is 6.97. The molecule has 0 aromatic heterocycles. The summed E-state index contributed by atoms with van der Waals surface area (Å²) in [6.07, 6.45) is 4.91. The Kier molecular flexibility index (Phi) is 4.44. The Labute approximate surface area is 117 Å². The van der Waals surface area contributed by atoms with Gasteiger partial charge in [0.25, 0.3) is 0 Å². The van der Waals surface area contributed by atoms with Gasteiger partial charge in [-0.15, -0.1) is 0 Å². The summed E-state index contributed by atoms with van der Waals surface area (Å²) in [6.45, 7) is 5.29. The number of benzene rings is 1. The Balaban J connectivity index is 1.85. The van der Waals surface area contributed by atoms with E-state index in [1.165, 1.54) is 31.7 Å². The lowest BCUT2D eigenvalue weighted by molar-refractivity contribution is 0.205. The Morgan fingerprint density at radius 3 is 2.61 bits per heavy atom. The zero-order valence-electron chi connectivity index (χ0n) is 11.1. The molecule has 1 aliphatic rings. The first-order valence-electron chi connectivity index (χ1n) is 6.64. The third kappa shape index (κ3) is 3.79. The minimum atomic E-state index is -0.131. The molecular weight excluding hydrogens is 293 g/mol. The van der Waals surface area contributed by atoms with Crippen LogP contribution in [-0.2, 0) is 6.54 Å². The molecule has 0 unspecified atom stereocenters. The molecule has 1 saturated carbocycles. The summed E-state index contributed by atoms with van der Waals surface area (Å²) in [4.78, 5) is 0. The van der Waals surface area contributed by atoms with Crippen LogP contribution in [0, 0.1) is 11.2 Å². The maximum absolute atomic E-state index is 13.7. The normalized spacial score (nSPS) is 20.0. The van der Waals surface area contributed by atoms with E-state index >= 15 is 0 Å². The minimum Gasteiger partial charge on any atom is -0.310 e. The van der Waals surface area contributed by atoms with Crippen LogP contribution in [0.3, 0.4) is 0 Å². The average Bonchev–Trinajstić information content (AvgIpc) is 2.29. The van der Waals surface area contributed by atoms with E-state index in [-0.39, 0.29) is 5.82 Å². The highest BCUT2D eigenvalue weighted by molar-refractivity contribution is 9.10. The van der Waals surface area contributed by atoms with E-state index < -0.39 is 0 Å². The molecule has 1 nitrogen and oxygen atoms in total. The molecule has 1 fully saturated rings. The minimum absolute atomic E-state index is 0.131. The molecule has 0 radical (unpaired) electrons. The van der Waals surface area contributed by atoms with E-state index in [2.05, 4.69) is 35.1 Å². The van der Waals surface area contributed by atoms with Gasteiger partial charge in [-0.25, -0.2) is 4.39 Å². The van der Waals surface area contributed by atoms with Crippen molar-refractivity contribution in [3.63, 3.8) is 0 Å². The first kappa shape index (κ1) is 14.0. The molecule has 1 aliphatic carbocycles. The van der Waals surface area contributed by atoms with Crippen LogP contribution in [0.15, 0.2) is 22.7 Å². The lowest BCUT2D eigenvalue weighted by Gasteiger charge is -2.34. The van der Waals surface area contributed by atoms with Crippen molar-refractivity contribution in [1.82, 2.24) is 5.32 Å². The quantitative estimate of drug-likeness (QED) is 0.856. The number of hydrogen-bond acceptors (Lipinski definition) is 1. The molecule has 0 amide bonds. The van der Waals surface area contributed by atoms with E-state index in [1.54, 1.807) is 0 Å². The second-order valence-electron chi connectivity index (χ2n) is 6.06. The van der Waals surface area contributed by atoms with Crippen molar-refractivity contribution in [2.24, 2.45) is 5.41 Å². The van der Waals surface area contributed by atoms with Gasteiger partial charge in [-0.1, -0.05) is 35.8 Å². The highest BCUT2D eigenvalue weighted by Crippen LogP contribution is 2.35. The Hall–Kier alpha value is -0.410. The predicted molar refractivity (Wildman–Crippen MR) is 77.0 cm³/mol. The van der Waals surface area contributed by atoms with E-state index in [9.17, 15) is 4.39 Å². The van der Waals surface area contributed by atoms with Gasteiger partial charge >= 0.3 is 0 Å². The molecule has 18 heavy (non-hydrogen) atoms. The molecule has 0 heterocycles. The van der Waals surface area contributed by atoms with Crippen molar-refractivity contribution >= 4 is 15.9 Å². The fraction of sp³-hybridized carbons (Fsp3) is 0.600. The molecular formula is C15H21BrFN. The van der Waals surface area contributed by atoms with Crippen molar-refractivity contribution in [3.05, 3.63) is 34.1 Å². The molecule has 1 N–H and O–H groups in total. The van der Waals surface area contributed by atoms with Crippen LogP contribution in [0.5, 0.6) is 0 Å². The van der Waals surface area contributed by atoms with Gasteiger partial charge in [0.2, 0.25) is 0 Å². The summed E-state index contributed by atoms with van der Waals surface area (Å²) in [5, 5.41) is 3.48. The average molecular weight is 314 g/mol. The van der Waals surface area contributed by atoms with Gasteiger partial charge in [-0.05, 0) is 43.2 Å². The number of halogens is 2. The fourth-order valence-electron chi connectivity index (χ4n) is 2.52. The highest BCUT2D eigenvalue weighted by atomic mass is 79.9. The number of rotatable bonds is 3. The van der Waals surface area contributed by atoms with Crippen molar-refractivity contribution in [3.8, 4) is 0 Å². The SMILES string of the molecule is CC1(C)CCC(NCc2ccc(Br)cc2F)CC1. The van der Waals surface area contributed by atoms with Crippen LogP contribution in [-0.4, -0.2) is 6.04 Å². The van der Waals surface area contributed by atoms with Crippen LogP contribution in [0.1, 0.15) is 45.1 Å². The van der Waals surface area contributed by atoms with Gasteiger partial charge in [0.15, 0.2) is 0 Å². The van der Waals surface area contributed by atoms with Crippen molar-refractivity contribution < 1.29 is 4.39 Å². The molecule has 0 atom stereocenters. The molecule has 0 saturated heterocycles. The molecule has 1 aromatic carbocycles. The Bertz CT molecular complexity index is 407. The molecule has 100 valence electrons. The first-order valence-corrected chi connectivity index (χ1v) is 7.43. The Morgan fingerprint density at radius 1 is 1.33 bits per heavy atom. The summed E-state index contributed by atoms with van der Waals surface area (Å²) in [7, 11) is 0. The fourth-order valence-corrected chi connectivity index (χ4v) is 2.86. The number of hydrogen-bond donors (Lipinski definition) is 1. The van der Waals surface area contributed by atoms with E-state index in [0.717, 1.165) is 10.0 Å². The van der Waals surface area contributed by atoms with Crippen LogP contribution in [0.4, 0.5) is 4.39 Å². The lowest BCUT2D eigenvalue weighted by Crippen LogP contribution is -2.35. The molecule has 3 heteroatoms. The predicted octanol–water partition coefficient (Wildman–Crippen LogP) is 4.65. The monoisotopic (exact) mass is 313 g/mol. The Morgan fingerprint density at radius 2 is 2.00 bits per heavy atom. The standard InChI is InChI=1S/C15H21BrFN/c1-15(2)7-5-13(6-8-15)18-10-11-3-4-12(16)9-14(11)17/h3-4,9,13,18H,5-8,10H2,1-2H3. The van der Waals surface area contributed by atoms with E-state index in [1.807, 2.05) is 12.1 Å². The molecule has 1 aromatic rings. The van der Waals surface area contributed by atoms with Crippen molar-refractivity contribution in [2.45, 2.75) is 52.1 Å². The zero-order valence-corrected chi connectivity index (χ0v) is 12.7. The summed E-state index contributed by atoms with van der Waals surface area (Å²) in [5.41, 5.74) is 1.24. The summed E-state index contributed by atoms with van der Waals surface area (Å²) in [6, 6.07) is 5.81. The lowest BCUT2D eigenvalue weighted by atomic mass is 9.75. The summed E-state index contributed by atoms with van der Waals surface area (Å²) < 4.78 is 14.5. The smallest absolute Gasteiger partial charge is 0.128 e. The molecule has 2 rings (SSSR count). The van der Waals surface area contributed by atoms with E-state index in [4.69, 9.17) is 0 Å². The van der Waals surface area contributed by atoms with Gasteiger partial charge in [-0.3, -0.25) is 0 Å². The summed E-state index contributed by atoms with van der Waals surface area (Å²) in [5.74, 6) is -0.131. The van der Waals surface area contributed by atoms with Crippen molar-refractivity contribution in [2.75, 3.05) is 0 Å². The van der Waals surface area contributed by atoms with Crippen molar-refractivity contribution in [1.29, 1.82) is 0 Å². The van der Waals surface area contributed by atoms with Crippen LogP contribution in [0.2, 0.25) is 0 Å². The maximum Gasteiger partial charge on any atom is 0.128 e. The van der Waals surface area contributed by atoms with Gasteiger partial charge in [0.05, 0.1) is 0 Å². The van der Waals surface area contributed by atoms with Gasteiger partial charge in [0.1, 0.15) is 5.82 Å². The van der Waals surface area contributed by atoms with Crippen LogP contribution < -0.4 is 5.32 Å². The largest absolute Gasteiger partial charge is 0.310 e. The van der Waals surface area contributed by atoms with Gasteiger partial charge < -0.3 is 5.32 Å². The van der Waals surface area contributed by atoms with Gasteiger partial charge in [-0.2, -0.15) is 0 Å². The van der Waals surface area contributed by atoms with Gasteiger partial charge in [0, 0.05) is 22.6 Å². The molecule has 0 spiro atoms. The third-order valence-corrected chi connectivity index (χ3v) is 4.43. The molecule has 0 bridgehead atoms. The molecule has 0 aliphatic heterocycles. The number of nitrogens with one attached hydrogen (secondary N) is 1. The maximum atomic E-state index is 13.7. The third-order valence-electron chi connectivity index (χ3n) is 3.94. The van der Waals surface area contributed by atoms with E-state index in [0.29, 0.717) is 18.0 Å². The van der Waals surface area contributed by atoms with Crippen LogP contribution in [0.25, 0.3) is 0 Å². The zero-order chi connectivity index (χ0) is 13.2. The first-order chi connectivity index (χ1) is 8.46. The topological polar surface area (TPSA) is 12.0 Å². The summed E-state index contributed by atoms with van der Waals surface area (Å²) >= 11 is 3.28. The van der Waals surface area contributed by atoms with Crippen LogP contribution >= 0.6 is 15.9 Å². The highest BCUT2D eigenvalue weighted by Gasteiger charge is 2.26.